The van der Waals surface area contributed by atoms with Crippen LogP contribution in [0, 0.1) is 5.92 Å². The van der Waals surface area contributed by atoms with Crippen LogP contribution in [0.1, 0.15) is 59.8 Å². The maximum absolute atomic E-state index is 11.7. The summed E-state index contributed by atoms with van der Waals surface area (Å²) < 4.78 is 5.89. The first-order valence-electron chi connectivity index (χ1n) is 7.55. The molecule has 19 heavy (non-hydrogen) atoms. The minimum absolute atomic E-state index is 0.172. The van der Waals surface area contributed by atoms with Crippen LogP contribution in [0.3, 0.4) is 0 Å². The third-order valence-corrected chi connectivity index (χ3v) is 3.79. The molecule has 0 aromatic carbocycles. The lowest BCUT2D eigenvalue weighted by Crippen LogP contribution is -2.56. The second-order valence-corrected chi connectivity index (χ2v) is 6.52. The van der Waals surface area contributed by atoms with Gasteiger partial charge in [-0.25, -0.2) is 0 Å². The monoisotopic (exact) mass is 270 g/mol. The number of hydrogen-bond donors (Lipinski definition) is 2. The maximum atomic E-state index is 11.7. The molecule has 0 spiro atoms. The highest BCUT2D eigenvalue weighted by Crippen LogP contribution is 2.32. The Morgan fingerprint density at radius 3 is 2.63 bits per heavy atom. The Morgan fingerprint density at radius 2 is 2.11 bits per heavy atom. The van der Waals surface area contributed by atoms with Crippen molar-refractivity contribution in [2.75, 3.05) is 6.61 Å². The SMILES string of the molecule is CC(C)CCCOC1CCC(NC(C)C)(C(N)=O)C1. The molecule has 1 aliphatic rings. The molecule has 1 fully saturated rings. The van der Waals surface area contributed by atoms with Crippen molar-refractivity contribution < 1.29 is 9.53 Å². The van der Waals surface area contributed by atoms with Crippen molar-refractivity contribution >= 4 is 5.91 Å². The van der Waals surface area contributed by atoms with Crippen LogP contribution in [0.15, 0.2) is 0 Å². The van der Waals surface area contributed by atoms with Crippen molar-refractivity contribution in [3.8, 4) is 0 Å². The van der Waals surface area contributed by atoms with Gasteiger partial charge in [-0.1, -0.05) is 13.8 Å². The molecule has 0 aliphatic heterocycles. The van der Waals surface area contributed by atoms with Crippen LogP contribution in [-0.4, -0.2) is 30.2 Å². The first-order valence-corrected chi connectivity index (χ1v) is 7.55. The molecule has 0 bridgehead atoms. The third-order valence-electron chi connectivity index (χ3n) is 3.79. The van der Waals surface area contributed by atoms with Crippen molar-refractivity contribution in [3.63, 3.8) is 0 Å². The van der Waals surface area contributed by atoms with Gasteiger partial charge in [0.15, 0.2) is 0 Å². The molecule has 112 valence electrons. The molecule has 0 aromatic heterocycles. The fraction of sp³-hybridized carbons (Fsp3) is 0.933. The molecule has 1 amide bonds. The van der Waals surface area contributed by atoms with E-state index in [2.05, 4.69) is 19.2 Å². The lowest BCUT2D eigenvalue weighted by atomic mass is 9.95. The predicted octanol–water partition coefficient (Wildman–Crippen LogP) is 2.21. The van der Waals surface area contributed by atoms with Gasteiger partial charge in [0.2, 0.25) is 5.91 Å². The Kier molecular flexibility index (Phi) is 6.27. The zero-order valence-electron chi connectivity index (χ0n) is 12.9. The summed E-state index contributed by atoms with van der Waals surface area (Å²) in [5.41, 5.74) is 5.02. The predicted molar refractivity (Wildman–Crippen MR) is 77.9 cm³/mol. The van der Waals surface area contributed by atoms with E-state index in [1.807, 2.05) is 13.8 Å². The van der Waals surface area contributed by atoms with Crippen LogP contribution in [0.4, 0.5) is 0 Å². The van der Waals surface area contributed by atoms with E-state index in [1.54, 1.807) is 0 Å². The van der Waals surface area contributed by atoms with Crippen LogP contribution in [0.5, 0.6) is 0 Å². The van der Waals surface area contributed by atoms with Gasteiger partial charge < -0.3 is 15.8 Å². The minimum Gasteiger partial charge on any atom is -0.378 e. The van der Waals surface area contributed by atoms with Gasteiger partial charge >= 0.3 is 0 Å². The Hall–Kier alpha value is -0.610. The molecule has 0 saturated heterocycles. The van der Waals surface area contributed by atoms with Crippen molar-refractivity contribution in [2.24, 2.45) is 11.7 Å². The Labute approximate surface area is 117 Å². The van der Waals surface area contributed by atoms with Gasteiger partial charge in [0.1, 0.15) is 5.54 Å². The first-order chi connectivity index (χ1) is 8.85. The Morgan fingerprint density at radius 1 is 1.42 bits per heavy atom. The van der Waals surface area contributed by atoms with E-state index in [9.17, 15) is 4.79 Å². The summed E-state index contributed by atoms with van der Waals surface area (Å²) in [4.78, 5) is 11.7. The highest BCUT2D eigenvalue weighted by molar-refractivity contribution is 5.85. The molecular weight excluding hydrogens is 240 g/mol. The minimum atomic E-state index is -0.559. The lowest BCUT2D eigenvalue weighted by molar-refractivity contribution is -0.125. The van der Waals surface area contributed by atoms with Crippen molar-refractivity contribution in [1.29, 1.82) is 0 Å². The largest absolute Gasteiger partial charge is 0.378 e. The molecular formula is C15H30N2O2. The molecule has 1 saturated carbocycles. The molecule has 0 aromatic rings. The number of hydrogen-bond acceptors (Lipinski definition) is 3. The fourth-order valence-electron chi connectivity index (χ4n) is 2.86. The summed E-state index contributed by atoms with van der Waals surface area (Å²) in [6.45, 7) is 9.32. The van der Waals surface area contributed by atoms with Crippen molar-refractivity contribution in [2.45, 2.75) is 77.5 Å². The quantitative estimate of drug-likeness (QED) is 0.665. The number of carbonyl (C=O) groups is 1. The van der Waals surface area contributed by atoms with Crippen LogP contribution < -0.4 is 11.1 Å². The summed E-state index contributed by atoms with van der Waals surface area (Å²) in [6, 6.07) is 0.257. The molecule has 2 atom stereocenters. The molecule has 2 unspecified atom stereocenters. The number of rotatable bonds is 8. The van der Waals surface area contributed by atoms with E-state index in [1.165, 1.54) is 6.42 Å². The summed E-state index contributed by atoms with van der Waals surface area (Å²) in [7, 11) is 0. The number of nitrogens with one attached hydrogen (secondary N) is 1. The fourth-order valence-corrected chi connectivity index (χ4v) is 2.86. The van der Waals surface area contributed by atoms with Crippen LogP contribution in [0.25, 0.3) is 0 Å². The molecule has 4 heteroatoms. The smallest absolute Gasteiger partial charge is 0.237 e. The average Bonchev–Trinajstić information content (AvgIpc) is 2.68. The summed E-state index contributed by atoms with van der Waals surface area (Å²) in [5.74, 6) is 0.481. The Bertz CT molecular complexity index is 292. The zero-order valence-corrected chi connectivity index (χ0v) is 12.9. The van der Waals surface area contributed by atoms with E-state index < -0.39 is 5.54 Å². The molecule has 1 aliphatic carbocycles. The van der Waals surface area contributed by atoms with E-state index in [0.717, 1.165) is 31.8 Å². The van der Waals surface area contributed by atoms with Gasteiger partial charge in [0.25, 0.3) is 0 Å². The lowest BCUT2D eigenvalue weighted by Gasteiger charge is -2.29. The van der Waals surface area contributed by atoms with E-state index in [4.69, 9.17) is 10.5 Å². The molecule has 0 radical (unpaired) electrons. The Balaban J connectivity index is 2.39. The normalized spacial score (nSPS) is 27.4. The van der Waals surface area contributed by atoms with Crippen molar-refractivity contribution in [1.82, 2.24) is 5.32 Å². The molecule has 3 N–H and O–H groups in total. The first kappa shape index (κ1) is 16.4. The summed E-state index contributed by atoms with van der Waals surface area (Å²) in [5, 5.41) is 3.34. The highest BCUT2D eigenvalue weighted by atomic mass is 16.5. The number of amides is 1. The van der Waals surface area contributed by atoms with Crippen LogP contribution >= 0.6 is 0 Å². The van der Waals surface area contributed by atoms with Gasteiger partial charge in [-0.15, -0.1) is 0 Å². The van der Waals surface area contributed by atoms with Crippen molar-refractivity contribution in [3.05, 3.63) is 0 Å². The number of carbonyl (C=O) groups excluding carboxylic acids is 1. The van der Waals surface area contributed by atoms with Gasteiger partial charge in [0, 0.05) is 19.1 Å². The van der Waals surface area contributed by atoms with Gasteiger partial charge in [0.05, 0.1) is 6.10 Å². The van der Waals surface area contributed by atoms with Gasteiger partial charge in [-0.3, -0.25) is 4.79 Å². The second kappa shape index (κ2) is 7.25. The number of primary amides is 1. The average molecular weight is 270 g/mol. The molecule has 4 nitrogen and oxygen atoms in total. The topological polar surface area (TPSA) is 64.3 Å². The second-order valence-electron chi connectivity index (χ2n) is 6.52. The molecule has 1 rings (SSSR count). The highest BCUT2D eigenvalue weighted by Gasteiger charge is 2.44. The third kappa shape index (κ3) is 5.11. The van der Waals surface area contributed by atoms with E-state index >= 15 is 0 Å². The number of ether oxygens (including phenoxy) is 1. The number of nitrogens with two attached hydrogens (primary N) is 1. The molecule has 0 heterocycles. The zero-order chi connectivity index (χ0) is 14.5. The van der Waals surface area contributed by atoms with Gasteiger partial charge in [-0.2, -0.15) is 0 Å². The summed E-state index contributed by atoms with van der Waals surface area (Å²) >= 11 is 0. The van der Waals surface area contributed by atoms with E-state index in [-0.39, 0.29) is 18.1 Å². The van der Waals surface area contributed by atoms with E-state index in [0.29, 0.717) is 6.42 Å². The van der Waals surface area contributed by atoms with Crippen LogP contribution in [-0.2, 0) is 9.53 Å². The van der Waals surface area contributed by atoms with Gasteiger partial charge in [-0.05, 0) is 45.4 Å². The maximum Gasteiger partial charge on any atom is 0.237 e. The summed E-state index contributed by atoms with van der Waals surface area (Å²) in [6.07, 6.45) is 4.88. The van der Waals surface area contributed by atoms with Crippen LogP contribution in [0.2, 0.25) is 0 Å². The standard InChI is InChI=1S/C15H30N2O2/c1-11(2)6-5-9-19-13-7-8-15(10-13,14(16)18)17-12(3)4/h11-13,17H,5-10H2,1-4H3,(H2,16,18).